The second-order valence-corrected chi connectivity index (χ2v) is 8.94. The number of rotatable bonds is 3. The van der Waals surface area contributed by atoms with E-state index in [9.17, 15) is 4.79 Å². The Kier molecular flexibility index (Phi) is 5.64. The number of benzene rings is 2. The highest BCUT2D eigenvalue weighted by Crippen LogP contribution is 2.29. The number of morpholine rings is 1. The summed E-state index contributed by atoms with van der Waals surface area (Å²) < 4.78 is 7.56. The topological polar surface area (TPSA) is 71.2 Å². The van der Waals surface area contributed by atoms with Gasteiger partial charge in [0.15, 0.2) is 0 Å². The lowest BCUT2D eigenvalue weighted by Crippen LogP contribution is -2.45. The van der Waals surface area contributed by atoms with Gasteiger partial charge in [0.1, 0.15) is 6.07 Å². The minimum absolute atomic E-state index is 0.0718. The van der Waals surface area contributed by atoms with Gasteiger partial charge >= 0.3 is 0 Å². The average molecular weight is 451 g/mol. The molecule has 5 rings (SSSR count). The van der Waals surface area contributed by atoms with Crippen LogP contribution in [0.1, 0.15) is 25.0 Å². The number of aryl methyl sites for hydroxylation is 1. The van der Waals surface area contributed by atoms with Crippen LogP contribution in [0, 0.1) is 18.3 Å². The fourth-order valence-corrected chi connectivity index (χ4v) is 4.84. The Bertz CT molecular complexity index is 1440. The van der Waals surface area contributed by atoms with Gasteiger partial charge in [-0.25, -0.2) is 0 Å². The number of aromatic nitrogens is 2. The Balaban J connectivity index is 1.55. The van der Waals surface area contributed by atoms with Gasteiger partial charge in [0, 0.05) is 53.2 Å². The quantitative estimate of drug-likeness (QED) is 0.446. The van der Waals surface area contributed by atoms with Crippen LogP contribution in [0.4, 0.5) is 5.69 Å². The van der Waals surface area contributed by atoms with E-state index in [1.165, 1.54) is 0 Å². The third-order valence-corrected chi connectivity index (χ3v) is 6.31. The third kappa shape index (κ3) is 3.95. The van der Waals surface area contributed by atoms with Crippen molar-refractivity contribution >= 4 is 16.5 Å². The standard InChI is InChI=1S/C28H26N4O2/c1-18-15-32(23-10-8-22(9-11-23)31-16-19(2)34-20(3)17-31)28(33)25-6-4-5-24(27(18)25)26-12-7-21(13-29)14-30-26/h4-12,14-15,19-20H,16-17H2,1-3H3. The van der Waals surface area contributed by atoms with Crippen molar-refractivity contribution in [2.24, 2.45) is 0 Å². The fourth-order valence-electron chi connectivity index (χ4n) is 4.84. The number of hydrogen-bond acceptors (Lipinski definition) is 5. The molecule has 1 aliphatic rings. The summed E-state index contributed by atoms with van der Waals surface area (Å²) in [5, 5.41) is 10.6. The Morgan fingerprint density at radius 1 is 1.00 bits per heavy atom. The molecule has 0 aliphatic carbocycles. The predicted octanol–water partition coefficient (Wildman–Crippen LogP) is 4.85. The van der Waals surface area contributed by atoms with Crippen molar-refractivity contribution in [3.05, 3.63) is 88.5 Å². The maximum Gasteiger partial charge on any atom is 0.262 e. The first kappa shape index (κ1) is 21.9. The molecular weight excluding hydrogens is 424 g/mol. The van der Waals surface area contributed by atoms with Crippen LogP contribution in [0.15, 0.2) is 71.8 Å². The third-order valence-electron chi connectivity index (χ3n) is 6.31. The van der Waals surface area contributed by atoms with Gasteiger partial charge in [-0.15, -0.1) is 0 Å². The molecule has 2 aromatic heterocycles. The second-order valence-electron chi connectivity index (χ2n) is 8.94. The van der Waals surface area contributed by atoms with Gasteiger partial charge in [0.25, 0.3) is 5.56 Å². The summed E-state index contributed by atoms with van der Waals surface area (Å²) >= 11 is 0. The maximum absolute atomic E-state index is 13.5. The van der Waals surface area contributed by atoms with Crippen LogP contribution in [0.25, 0.3) is 27.7 Å². The van der Waals surface area contributed by atoms with Gasteiger partial charge in [-0.3, -0.25) is 14.3 Å². The minimum atomic E-state index is -0.0718. The van der Waals surface area contributed by atoms with Crippen molar-refractivity contribution in [1.29, 1.82) is 5.26 Å². The summed E-state index contributed by atoms with van der Waals surface area (Å²) in [6.07, 6.45) is 3.83. The SMILES string of the molecule is Cc1cn(-c2ccc(N3CC(C)OC(C)C3)cc2)c(=O)c2cccc(-c3ccc(C#N)cn3)c12. The summed E-state index contributed by atoms with van der Waals surface area (Å²) in [6.45, 7) is 7.90. The highest BCUT2D eigenvalue weighted by molar-refractivity contribution is 5.97. The number of nitriles is 1. The number of pyridine rings is 2. The Hall–Kier alpha value is -3.95. The van der Waals surface area contributed by atoms with Gasteiger partial charge in [-0.2, -0.15) is 5.26 Å². The zero-order chi connectivity index (χ0) is 23.8. The molecule has 4 aromatic rings. The molecule has 0 bridgehead atoms. The Labute approximate surface area is 198 Å². The normalized spacial score (nSPS) is 18.1. The first-order valence-electron chi connectivity index (χ1n) is 11.5. The van der Waals surface area contributed by atoms with E-state index in [-0.39, 0.29) is 17.8 Å². The smallest absolute Gasteiger partial charge is 0.262 e. The molecule has 1 fully saturated rings. The summed E-state index contributed by atoms with van der Waals surface area (Å²) in [5.74, 6) is 0. The van der Waals surface area contributed by atoms with E-state index < -0.39 is 0 Å². The molecule has 1 saturated heterocycles. The highest BCUT2D eigenvalue weighted by Gasteiger charge is 2.22. The van der Waals surface area contributed by atoms with Gasteiger partial charge in [0.05, 0.1) is 23.5 Å². The Morgan fingerprint density at radius 3 is 2.35 bits per heavy atom. The molecular formula is C28H26N4O2. The first-order chi connectivity index (χ1) is 16.4. The molecule has 170 valence electrons. The summed E-state index contributed by atoms with van der Waals surface area (Å²) in [6, 6.07) is 19.5. The summed E-state index contributed by atoms with van der Waals surface area (Å²) in [5.41, 5.74) is 5.00. The van der Waals surface area contributed by atoms with Crippen molar-refractivity contribution in [1.82, 2.24) is 9.55 Å². The lowest BCUT2D eigenvalue weighted by atomic mass is 9.99. The summed E-state index contributed by atoms with van der Waals surface area (Å²) in [7, 11) is 0. The molecule has 34 heavy (non-hydrogen) atoms. The van der Waals surface area contributed by atoms with Crippen LogP contribution in [-0.2, 0) is 4.74 Å². The molecule has 2 aromatic carbocycles. The molecule has 0 N–H and O–H groups in total. The van der Waals surface area contributed by atoms with Crippen molar-refractivity contribution in [3.8, 4) is 23.0 Å². The molecule has 0 spiro atoms. The van der Waals surface area contributed by atoms with Gasteiger partial charge in [-0.1, -0.05) is 12.1 Å². The lowest BCUT2D eigenvalue weighted by Gasteiger charge is -2.36. The van der Waals surface area contributed by atoms with E-state index in [1.807, 2.05) is 49.5 Å². The van der Waals surface area contributed by atoms with Crippen LogP contribution in [0.2, 0.25) is 0 Å². The van der Waals surface area contributed by atoms with E-state index in [2.05, 4.69) is 41.9 Å². The summed E-state index contributed by atoms with van der Waals surface area (Å²) in [4.78, 5) is 20.3. The van der Waals surface area contributed by atoms with Crippen LogP contribution >= 0.6 is 0 Å². The van der Waals surface area contributed by atoms with E-state index in [0.717, 1.165) is 46.7 Å². The second kappa shape index (κ2) is 8.77. The zero-order valence-corrected chi connectivity index (χ0v) is 19.5. The van der Waals surface area contributed by atoms with Crippen molar-refractivity contribution in [2.45, 2.75) is 33.0 Å². The van der Waals surface area contributed by atoms with Crippen molar-refractivity contribution in [3.63, 3.8) is 0 Å². The van der Waals surface area contributed by atoms with Crippen LogP contribution in [0.5, 0.6) is 0 Å². The number of ether oxygens (including phenoxy) is 1. The highest BCUT2D eigenvalue weighted by atomic mass is 16.5. The molecule has 3 heterocycles. The molecule has 0 radical (unpaired) electrons. The zero-order valence-electron chi connectivity index (χ0n) is 19.5. The molecule has 2 unspecified atom stereocenters. The van der Waals surface area contributed by atoms with Crippen molar-refractivity contribution < 1.29 is 4.74 Å². The number of hydrogen-bond donors (Lipinski definition) is 0. The molecule has 0 amide bonds. The molecule has 1 aliphatic heterocycles. The monoisotopic (exact) mass is 450 g/mol. The molecule has 6 heteroatoms. The van der Waals surface area contributed by atoms with E-state index >= 15 is 0 Å². The van der Waals surface area contributed by atoms with Gasteiger partial charge < -0.3 is 9.64 Å². The first-order valence-corrected chi connectivity index (χ1v) is 11.5. The van der Waals surface area contributed by atoms with Crippen LogP contribution in [-0.4, -0.2) is 34.8 Å². The number of anilines is 1. The van der Waals surface area contributed by atoms with E-state index in [1.54, 1.807) is 16.8 Å². The molecule has 6 nitrogen and oxygen atoms in total. The number of fused-ring (bicyclic) bond motifs is 1. The lowest BCUT2D eigenvalue weighted by molar-refractivity contribution is -0.00521. The minimum Gasteiger partial charge on any atom is -0.372 e. The van der Waals surface area contributed by atoms with Gasteiger partial charge in [-0.05, 0) is 68.8 Å². The van der Waals surface area contributed by atoms with Crippen molar-refractivity contribution in [2.75, 3.05) is 18.0 Å². The fraction of sp³-hybridized carbons (Fsp3) is 0.250. The van der Waals surface area contributed by atoms with Crippen LogP contribution < -0.4 is 10.5 Å². The van der Waals surface area contributed by atoms with E-state index in [4.69, 9.17) is 10.00 Å². The Morgan fingerprint density at radius 2 is 1.71 bits per heavy atom. The molecule has 0 saturated carbocycles. The maximum atomic E-state index is 13.5. The molecule has 2 atom stereocenters. The van der Waals surface area contributed by atoms with Gasteiger partial charge in [0.2, 0.25) is 0 Å². The van der Waals surface area contributed by atoms with E-state index in [0.29, 0.717) is 10.9 Å². The number of nitrogens with zero attached hydrogens (tertiary/aromatic N) is 4. The predicted molar refractivity (Wildman–Crippen MR) is 134 cm³/mol. The largest absolute Gasteiger partial charge is 0.372 e. The average Bonchev–Trinajstić information content (AvgIpc) is 2.85. The van der Waals surface area contributed by atoms with Crippen LogP contribution in [0.3, 0.4) is 0 Å².